The summed E-state index contributed by atoms with van der Waals surface area (Å²) in [6.45, 7) is 2.90. The fourth-order valence-electron chi connectivity index (χ4n) is 4.68. The lowest BCUT2D eigenvalue weighted by Crippen LogP contribution is -2.21. The highest BCUT2D eigenvalue weighted by atomic mass is 19.2. The quantitative estimate of drug-likeness (QED) is 0.309. The number of halogens is 3. The van der Waals surface area contributed by atoms with Crippen LogP contribution in [-0.2, 0) is 4.74 Å². The Kier molecular flexibility index (Phi) is 7.94. The molecule has 180 valence electrons. The van der Waals surface area contributed by atoms with Gasteiger partial charge in [0.1, 0.15) is 5.82 Å². The minimum absolute atomic E-state index is 0.137. The summed E-state index contributed by atoms with van der Waals surface area (Å²) in [5.41, 5.74) is 2.80. The second-order valence-electron chi connectivity index (χ2n) is 9.02. The van der Waals surface area contributed by atoms with Crippen LogP contribution in [0.3, 0.4) is 0 Å². The molecule has 3 aromatic carbocycles. The minimum atomic E-state index is -1.01. The highest BCUT2D eigenvalue weighted by Gasteiger charge is 2.25. The number of ether oxygens (including phenoxy) is 2. The molecule has 0 spiro atoms. The Bertz CT molecular complexity index is 1100. The average molecular weight is 469 g/mol. The van der Waals surface area contributed by atoms with E-state index in [-0.39, 0.29) is 23.2 Å². The first-order valence-corrected chi connectivity index (χ1v) is 12.1. The maximum absolute atomic E-state index is 15.0. The highest BCUT2D eigenvalue weighted by Crippen LogP contribution is 2.36. The van der Waals surface area contributed by atoms with E-state index in [0.717, 1.165) is 24.0 Å². The van der Waals surface area contributed by atoms with Crippen LogP contribution >= 0.6 is 0 Å². The van der Waals surface area contributed by atoms with Gasteiger partial charge in [0.2, 0.25) is 5.82 Å². The molecule has 4 rings (SSSR count). The molecule has 1 saturated heterocycles. The van der Waals surface area contributed by atoms with E-state index in [2.05, 4.69) is 6.92 Å². The van der Waals surface area contributed by atoms with Gasteiger partial charge < -0.3 is 9.47 Å². The van der Waals surface area contributed by atoms with Crippen LogP contribution in [0.5, 0.6) is 5.75 Å². The van der Waals surface area contributed by atoms with E-state index < -0.39 is 11.6 Å². The maximum atomic E-state index is 15.0. The Morgan fingerprint density at radius 1 is 0.853 bits per heavy atom. The molecule has 1 heterocycles. The average Bonchev–Trinajstić information content (AvgIpc) is 2.86. The predicted octanol–water partition coefficient (Wildman–Crippen LogP) is 8.49. The molecule has 0 saturated carbocycles. The molecule has 34 heavy (non-hydrogen) atoms. The Labute approximate surface area is 199 Å². The molecule has 0 N–H and O–H groups in total. The molecule has 1 aliphatic rings. The van der Waals surface area contributed by atoms with E-state index in [1.54, 1.807) is 30.3 Å². The molecule has 1 fully saturated rings. The monoisotopic (exact) mass is 468 g/mol. The van der Waals surface area contributed by atoms with Crippen molar-refractivity contribution in [3.63, 3.8) is 0 Å². The zero-order valence-electron chi connectivity index (χ0n) is 19.8. The minimum Gasteiger partial charge on any atom is -0.494 e. The molecule has 2 atom stereocenters. The number of rotatable bonds is 8. The molecule has 0 bridgehead atoms. The third-order valence-electron chi connectivity index (χ3n) is 6.73. The van der Waals surface area contributed by atoms with Gasteiger partial charge in [-0.2, -0.15) is 4.39 Å². The molecule has 5 heteroatoms. The fraction of sp³-hybridized carbons (Fsp3) is 0.379. The van der Waals surface area contributed by atoms with Crippen molar-refractivity contribution in [3.8, 4) is 28.0 Å². The first-order chi connectivity index (χ1) is 16.5. The SMILES string of the molecule is CCCCCC1CCC(c2ccc(-c3ccc(-c4ccc(OC)c(F)c4F)cc3)cc2F)OC1. The van der Waals surface area contributed by atoms with Gasteiger partial charge in [-0.05, 0) is 60.1 Å². The van der Waals surface area contributed by atoms with Crippen LogP contribution in [0.2, 0.25) is 0 Å². The van der Waals surface area contributed by atoms with Crippen molar-refractivity contribution in [2.24, 2.45) is 5.92 Å². The largest absolute Gasteiger partial charge is 0.494 e. The second kappa shape index (κ2) is 11.1. The van der Waals surface area contributed by atoms with Crippen molar-refractivity contribution in [2.45, 2.75) is 51.6 Å². The van der Waals surface area contributed by atoms with E-state index in [4.69, 9.17) is 9.47 Å². The van der Waals surface area contributed by atoms with Crippen LogP contribution < -0.4 is 4.74 Å². The van der Waals surface area contributed by atoms with Gasteiger partial charge in [-0.1, -0.05) is 62.6 Å². The zero-order chi connectivity index (χ0) is 24.1. The number of hydrogen-bond donors (Lipinski definition) is 0. The van der Waals surface area contributed by atoms with Gasteiger partial charge in [-0.3, -0.25) is 0 Å². The standard InChI is InChI=1S/C29H31F3O2/c1-3-4-5-6-19-7-15-26(34-18-19)24-13-12-22(17-25(24)30)20-8-10-21(11-9-20)23-14-16-27(33-2)29(32)28(23)31/h8-14,16-17,19,26H,3-7,15,18H2,1-2H3. The summed E-state index contributed by atoms with van der Waals surface area (Å²) in [5.74, 6) is -1.81. The van der Waals surface area contributed by atoms with Gasteiger partial charge in [-0.25, -0.2) is 8.78 Å². The van der Waals surface area contributed by atoms with Crippen LogP contribution in [0.1, 0.15) is 57.1 Å². The summed E-state index contributed by atoms with van der Waals surface area (Å²) in [6, 6.07) is 15.1. The molecule has 0 aliphatic carbocycles. The van der Waals surface area contributed by atoms with Crippen molar-refractivity contribution in [2.75, 3.05) is 13.7 Å². The smallest absolute Gasteiger partial charge is 0.201 e. The summed E-state index contributed by atoms with van der Waals surface area (Å²) in [6.07, 6.45) is 6.59. The number of methoxy groups -OCH3 is 1. The third kappa shape index (κ3) is 5.30. The van der Waals surface area contributed by atoms with Crippen LogP contribution in [0.4, 0.5) is 13.2 Å². The molecule has 2 unspecified atom stereocenters. The molecular weight excluding hydrogens is 437 g/mol. The van der Waals surface area contributed by atoms with E-state index in [9.17, 15) is 13.2 Å². The third-order valence-corrected chi connectivity index (χ3v) is 6.73. The van der Waals surface area contributed by atoms with Crippen molar-refractivity contribution < 1.29 is 22.6 Å². The van der Waals surface area contributed by atoms with Gasteiger partial charge in [0.25, 0.3) is 0 Å². The molecule has 0 amide bonds. The van der Waals surface area contributed by atoms with Crippen LogP contribution in [-0.4, -0.2) is 13.7 Å². The van der Waals surface area contributed by atoms with Crippen LogP contribution in [0.15, 0.2) is 54.6 Å². The Morgan fingerprint density at radius 3 is 2.24 bits per heavy atom. The number of benzene rings is 3. The Hall–Kier alpha value is -2.79. The maximum Gasteiger partial charge on any atom is 0.201 e. The molecule has 2 nitrogen and oxygen atoms in total. The lowest BCUT2D eigenvalue weighted by Gasteiger charge is -2.29. The van der Waals surface area contributed by atoms with E-state index >= 15 is 0 Å². The van der Waals surface area contributed by atoms with Crippen molar-refractivity contribution in [1.29, 1.82) is 0 Å². The topological polar surface area (TPSA) is 18.5 Å². The Balaban J connectivity index is 1.45. The molecular formula is C29H31F3O2. The summed E-state index contributed by atoms with van der Waals surface area (Å²) < 4.78 is 54.3. The Morgan fingerprint density at radius 2 is 1.59 bits per heavy atom. The lowest BCUT2D eigenvalue weighted by molar-refractivity contribution is -0.0215. The number of hydrogen-bond acceptors (Lipinski definition) is 2. The van der Waals surface area contributed by atoms with E-state index in [1.807, 2.05) is 6.07 Å². The van der Waals surface area contributed by atoms with Gasteiger partial charge in [0, 0.05) is 11.1 Å². The van der Waals surface area contributed by atoms with Crippen LogP contribution in [0.25, 0.3) is 22.3 Å². The lowest BCUT2D eigenvalue weighted by atomic mass is 9.90. The van der Waals surface area contributed by atoms with Crippen molar-refractivity contribution >= 4 is 0 Å². The van der Waals surface area contributed by atoms with Gasteiger partial charge in [0.15, 0.2) is 11.6 Å². The summed E-state index contributed by atoms with van der Waals surface area (Å²) in [4.78, 5) is 0. The molecule has 0 radical (unpaired) electrons. The molecule has 0 aromatic heterocycles. The fourth-order valence-corrected chi connectivity index (χ4v) is 4.68. The normalized spacial score (nSPS) is 18.1. The first kappa shape index (κ1) is 24.3. The second-order valence-corrected chi connectivity index (χ2v) is 9.02. The van der Waals surface area contributed by atoms with Gasteiger partial charge >= 0.3 is 0 Å². The van der Waals surface area contributed by atoms with Gasteiger partial charge in [0.05, 0.1) is 19.8 Å². The van der Waals surface area contributed by atoms with Crippen LogP contribution in [0, 0.1) is 23.4 Å². The first-order valence-electron chi connectivity index (χ1n) is 12.1. The van der Waals surface area contributed by atoms with Crippen molar-refractivity contribution in [1.82, 2.24) is 0 Å². The van der Waals surface area contributed by atoms with Crippen molar-refractivity contribution in [3.05, 3.63) is 77.6 Å². The zero-order valence-corrected chi connectivity index (χ0v) is 19.8. The van der Waals surface area contributed by atoms with E-state index in [1.165, 1.54) is 51.0 Å². The summed E-state index contributed by atoms with van der Waals surface area (Å²) >= 11 is 0. The van der Waals surface area contributed by atoms with E-state index in [0.29, 0.717) is 23.7 Å². The highest BCUT2D eigenvalue weighted by molar-refractivity contribution is 5.71. The summed E-state index contributed by atoms with van der Waals surface area (Å²) in [7, 11) is 1.29. The molecule has 1 aliphatic heterocycles. The predicted molar refractivity (Wildman–Crippen MR) is 129 cm³/mol. The van der Waals surface area contributed by atoms with Gasteiger partial charge in [-0.15, -0.1) is 0 Å². The molecule has 3 aromatic rings. The number of unbranched alkanes of at least 4 members (excludes halogenated alkanes) is 2. The summed E-state index contributed by atoms with van der Waals surface area (Å²) in [5, 5.41) is 0.